The van der Waals surface area contributed by atoms with Gasteiger partial charge in [0.25, 0.3) is 0 Å². The second-order valence-corrected chi connectivity index (χ2v) is 3.74. The molecule has 0 aliphatic carbocycles. The monoisotopic (exact) mass is 198 g/mol. The molecule has 0 heterocycles. The molecule has 0 heteroatoms. The minimum Gasteiger partial charge on any atom is -0.0959 e. The van der Waals surface area contributed by atoms with Crippen LogP contribution in [0.2, 0.25) is 0 Å². The molecule has 0 saturated carbocycles. The van der Waals surface area contributed by atoms with Crippen molar-refractivity contribution in [2.75, 3.05) is 0 Å². The highest BCUT2D eigenvalue weighted by Gasteiger charge is 1.91. The molecular weight excluding hydrogens is 180 g/mol. The largest absolute Gasteiger partial charge is 0.0959 e. The molecule has 0 radical (unpaired) electrons. The van der Waals surface area contributed by atoms with Crippen LogP contribution in [0.1, 0.15) is 25.3 Å². The van der Waals surface area contributed by atoms with E-state index in [-0.39, 0.29) is 0 Å². The lowest BCUT2D eigenvalue weighted by atomic mass is 10.1. The van der Waals surface area contributed by atoms with Crippen LogP contribution in [-0.4, -0.2) is 0 Å². The molecule has 1 aromatic carbocycles. The first-order valence-corrected chi connectivity index (χ1v) is 5.25. The summed E-state index contributed by atoms with van der Waals surface area (Å²) >= 11 is 0. The Morgan fingerprint density at radius 1 is 1.20 bits per heavy atom. The van der Waals surface area contributed by atoms with E-state index >= 15 is 0 Å². The van der Waals surface area contributed by atoms with E-state index < -0.39 is 0 Å². The van der Waals surface area contributed by atoms with Gasteiger partial charge in [-0.2, -0.15) is 0 Å². The van der Waals surface area contributed by atoms with Gasteiger partial charge in [-0.3, -0.25) is 0 Å². The van der Waals surface area contributed by atoms with Crippen molar-refractivity contribution in [3.63, 3.8) is 0 Å². The van der Waals surface area contributed by atoms with Crippen LogP contribution in [0.15, 0.2) is 60.7 Å². The SMILES string of the molecule is C=C(C)C(=C)CC/C=C\c1ccccc1. The van der Waals surface area contributed by atoms with Crippen molar-refractivity contribution >= 4 is 6.08 Å². The Balaban J connectivity index is 2.35. The highest BCUT2D eigenvalue weighted by molar-refractivity contribution is 5.48. The Hall–Kier alpha value is -1.56. The number of benzene rings is 1. The normalized spacial score (nSPS) is 10.5. The zero-order valence-electron chi connectivity index (χ0n) is 9.37. The summed E-state index contributed by atoms with van der Waals surface area (Å²) in [5.74, 6) is 0. The van der Waals surface area contributed by atoms with Gasteiger partial charge < -0.3 is 0 Å². The van der Waals surface area contributed by atoms with Crippen molar-refractivity contribution in [1.82, 2.24) is 0 Å². The molecule has 0 bridgehead atoms. The Labute approximate surface area is 92.6 Å². The molecular formula is C15H18. The fraction of sp³-hybridized carbons (Fsp3) is 0.200. The zero-order valence-corrected chi connectivity index (χ0v) is 9.37. The molecule has 0 unspecified atom stereocenters. The fourth-order valence-electron chi connectivity index (χ4n) is 1.25. The van der Waals surface area contributed by atoms with E-state index in [1.54, 1.807) is 0 Å². The van der Waals surface area contributed by atoms with E-state index in [9.17, 15) is 0 Å². The molecule has 0 atom stereocenters. The third-order valence-corrected chi connectivity index (χ3v) is 2.33. The minimum absolute atomic E-state index is 0.999. The Morgan fingerprint density at radius 3 is 2.47 bits per heavy atom. The Kier molecular flexibility index (Phi) is 4.62. The molecule has 0 saturated heterocycles. The van der Waals surface area contributed by atoms with Crippen molar-refractivity contribution in [3.05, 3.63) is 66.3 Å². The predicted octanol–water partition coefficient (Wildman–Crippen LogP) is 4.61. The predicted molar refractivity (Wildman–Crippen MR) is 68.7 cm³/mol. The van der Waals surface area contributed by atoms with E-state index in [2.05, 4.69) is 37.4 Å². The average molecular weight is 198 g/mol. The summed E-state index contributed by atoms with van der Waals surface area (Å²) in [5.41, 5.74) is 3.48. The van der Waals surface area contributed by atoms with Gasteiger partial charge >= 0.3 is 0 Å². The number of hydrogen-bond acceptors (Lipinski definition) is 0. The van der Waals surface area contributed by atoms with Crippen LogP contribution in [-0.2, 0) is 0 Å². The average Bonchev–Trinajstić information content (AvgIpc) is 2.25. The standard InChI is InChI=1S/C15H18/c1-13(2)14(3)9-7-8-12-15-10-5-4-6-11-15/h4-6,8,10-12H,1,3,7,9H2,2H3/b12-8-. The summed E-state index contributed by atoms with van der Waals surface area (Å²) in [4.78, 5) is 0. The van der Waals surface area contributed by atoms with Gasteiger partial charge in [0.15, 0.2) is 0 Å². The van der Waals surface area contributed by atoms with Crippen LogP contribution in [0, 0.1) is 0 Å². The number of rotatable bonds is 5. The molecule has 0 amide bonds. The van der Waals surface area contributed by atoms with Crippen molar-refractivity contribution in [3.8, 4) is 0 Å². The smallest absolute Gasteiger partial charge is 0.0247 e. The summed E-state index contributed by atoms with van der Waals surface area (Å²) in [6, 6.07) is 10.3. The molecule has 0 aliphatic heterocycles. The fourth-order valence-corrected chi connectivity index (χ4v) is 1.25. The molecule has 15 heavy (non-hydrogen) atoms. The Bertz CT molecular complexity index is 355. The maximum atomic E-state index is 3.97. The van der Waals surface area contributed by atoms with E-state index in [1.807, 2.05) is 25.1 Å². The van der Waals surface area contributed by atoms with Gasteiger partial charge in [-0.05, 0) is 25.3 Å². The number of hydrogen-bond donors (Lipinski definition) is 0. The van der Waals surface area contributed by atoms with Gasteiger partial charge in [0.2, 0.25) is 0 Å². The second-order valence-electron chi connectivity index (χ2n) is 3.74. The maximum Gasteiger partial charge on any atom is -0.0247 e. The first-order valence-electron chi connectivity index (χ1n) is 5.25. The topological polar surface area (TPSA) is 0 Å². The third-order valence-electron chi connectivity index (χ3n) is 2.33. The maximum absolute atomic E-state index is 3.97. The first-order chi connectivity index (χ1) is 7.20. The van der Waals surface area contributed by atoms with Crippen LogP contribution < -0.4 is 0 Å². The van der Waals surface area contributed by atoms with E-state index in [1.165, 1.54) is 5.56 Å². The van der Waals surface area contributed by atoms with E-state index in [0.717, 1.165) is 24.0 Å². The molecule has 78 valence electrons. The van der Waals surface area contributed by atoms with Crippen LogP contribution in [0.4, 0.5) is 0 Å². The molecule has 0 N–H and O–H groups in total. The van der Waals surface area contributed by atoms with Gasteiger partial charge in [0.05, 0.1) is 0 Å². The lowest BCUT2D eigenvalue weighted by molar-refractivity contribution is 0.996. The first kappa shape index (κ1) is 11.5. The lowest BCUT2D eigenvalue weighted by Gasteiger charge is -2.00. The quantitative estimate of drug-likeness (QED) is 0.606. The van der Waals surface area contributed by atoms with Crippen molar-refractivity contribution < 1.29 is 0 Å². The molecule has 1 rings (SSSR count). The van der Waals surface area contributed by atoms with Crippen LogP contribution in [0.5, 0.6) is 0 Å². The van der Waals surface area contributed by atoms with Crippen molar-refractivity contribution in [1.29, 1.82) is 0 Å². The van der Waals surface area contributed by atoms with Crippen molar-refractivity contribution in [2.45, 2.75) is 19.8 Å². The summed E-state index contributed by atoms with van der Waals surface area (Å²) in [7, 11) is 0. The molecule has 0 aromatic heterocycles. The molecule has 1 aromatic rings. The van der Waals surface area contributed by atoms with E-state index in [0.29, 0.717) is 0 Å². The number of allylic oxidation sites excluding steroid dienone is 3. The highest BCUT2D eigenvalue weighted by atomic mass is 14.0. The molecule has 0 aliphatic rings. The molecule has 0 fully saturated rings. The van der Waals surface area contributed by atoms with Gasteiger partial charge in [0.1, 0.15) is 0 Å². The molecule has 0 nitrogen and oxygen atoms in total. The summed E-state index contributed by atoms with van der Waals surface area (Å²) < 4.78 is 0. The van der Waals surface area contributed by atoms with Gasteiger partial charge in [-0.1, -0.05) is 66.8 Å². The van der Waals surface area contributed by atoms with Crippen molar-refractivity contribution in [2.24, 2.45) is 0 Å². The zero-order chi connectivity index (χ0) is 11.1. The van der Waals surface area contributed by atoms with Gasteiger partial charge in [0, 0.05) is 0 Å². The summed E-state index contributed by atoms with van der Waals surface area (Å²) in [5, 5.41) is 0. The van der Waals surface area contributed by atoms with Gasteiger partial charge in [-0.15, -0.1) is 0 Å². The van der Waals surface area contributed by atoms with Crippen LogP contribution in [0.3, 0.4) is 0 Å². The van der Waals surface area contributed by atoms with Crippen LogP contribution in [0.25, 0.3) is 6.08 Å². The highest BCUT2D eigenvalue weighted by Crippen LogP contribution is 2.12. The minimum atomic E-state index is 0.999. The van der Waals surface area contributed by atoms with Crippen LogP contribution >= 0.6 is 0 Å². The lowest BCUT2D eigenvalue weighted by Crippen LogP contribution is -1.80. The third kappa shape index (κ3) is 4.46. The Morgan fingerprint density at radius 2 is 1.87 bits per heavy atom. The summed E-state index contributed by atoms with van der Waals surface area (Å²) in [6.45, 7) is 9.84. The summed E-state index contributed by atoms with van der Waals surface area (Å²) in [6.07, 6.45) is 6.36. The van der Waals surface area contributed by atoms with Gasteiger partial charge in [-0.25, -0.2) is 0 Å². The molecule has 0 spiro atoms. The van der Waals surface area contributed by atoms with E-state index in [4.69, 9.17) is 0 Å². The second kappa shape index (κ2) is 6.02.